The molecule has 1 aliphatic heterocycles. The fourth-order valence-electron chi connectivity index (χ4n) is 4.12. The van der Waals surface area contributed by atoms with Crippen LogP contribution in [-0.2, 0) is 4.74 Å². The van der Waals surface area contributed by atoms with Crippen molar-refractivity contribution in [3.8, 4) is 0 Å². The summed E-state index contributed by atoms with van der Waals surface area (Å²) in [5, 5.41) is 3.76. The molecule has 4 heteroatoms. The predicted octanol–water partition coefficient (Wildman–Crippen LogP) is 4.11. The van der Waals surface area contributed by atoms with Gasteiger partial charge in [-0.25, -0.2) is 4.79 Å². The van der Waals surface area contributed by atoms with Gasteiger partial charge < -0.3 is 15.0 Å². The quantitative estimate of drug-likeness (QED) is 0.775. The summed E-state index contributed by atoms with van der Waals surface area (Å²) in [5.41, 5.74) is -0.421. The first-order valence-electron chi connectivity index (χ1n) is 9.18. The largest absolute Gasteiger partial charge is 0.444 e. The molecule has 1 N–H and O–H groups in total. The minimum Gasteiger partial charge on any atom is -0.444 e. The molecule has 2 rings (SSSR count). The summed E-state index contributed by atoms with van der Waals surface area (Å²) in [6.45, 7) is 12.7. The average molecular weight is 322 g/mol. The Hall–Kier alpha value is -1.03. The zero-order chi connectivity index (χ0) is 17.0. The van der Waals surface area contributed by atoms with Gasteiger partial charge in [-0.15, -0.1) is 6.58 Å². The number of likely N-dealkylation sites (tertiary alicyclic amines) is 1. The van der Waals surface area contributed by atoms with E-state index in [1.807, 2.05) is 31.7 Å². The molecule has 0 aromatic heterocycles. The Bertz CT molecular complexity index is 416. The van der Waals surface area contributed by atoms with Crippen LogP contribution in [-0.4, -0.2) is 41.3 Å². The highest BCUT2D eigenvalue weighted by atomic mass is 16.6. The van der Waals surface area contributed by atoms with Crippen LogP contribution < -0.4 is 5.32 Å². The maximum Gasteiger partial charge on any atom is 0.410 e. The van der Waals surface area contributed by atoms with Crippen molar-refractivity contribution >= 4 is 6.09 Å². The highest BCUT2D eigenvalue weighted by molar-refractivity contribution is 5.69. The zero-order valence-electron chi connectivity index (χ0n) is 15.3. The number of hydrogen-bond donors (Lipinski definition) is 1. The molecule has 0 aromatic rings. The van der Waals surface area contributed by atoms with Crippen molar-refractivity contribution in [2.45, 2.75) is 89.9 Å². The maximum absolute atomic E-state index is 12.5. The number of ether oxygens (including phenoxy) is 1. The highest BCUT2D eigenvalue weighted by Gasteiger charge is 2.42. The number of amides is 1. The third-order valence-corrected chi connectivity index (χ3v) is 5.01. The first-order chi connectivity index (χ1) is 10.8. The number of nitrogens with one attached hydrogen (secondary N) is 1. The molecule has 1 aliphatic carbocycles. The summed E-state index contributed by atoms with van der Waals surface area (Å²) >= 11 is 0. The maximum atomic E-state index is 12.5. The topological polar surface area (TPSA) is 41.6 Å². The third-order valence-electron chi connectivity index (χ3n) is 5.01. The van der Waals surface area contributed by atoms with Crippen LogP contribution in [0, 0.1) is 5.92 Å². The summed E-state index contributed by atoms with van der Waals surface area (Å²) in [7, 11) is 0. The average Bonchev–Trinajstić information content (AvgIpc) is 3.04. The molecule has 4 unspecified atom stereocenters. The van der Waals surface area contributed by atoms with Crippen LogP contribution in [0.25, 0.3) is 0 Å². The van der Waals surface area contributed by atoms with Gasteiger partial charge in [0.05, 0.1) is 0 Å². The normalized spacial score (nSPS) is 29.6. The lowest BCUT2D eigenvalue weighted by atomic mass is 9.92. The van der Waals surface area contributed by atoms with Crippen molar-refractivity contribution in [1.29, 1.82) is 0 Å². The van der Waals surface area contributed by atoms with E-state index < -0.39 is 5.60 Å². The van der Waals surface area contributed by atoms with Crippen LogP contribution in [0.4, 0.5) is 4.79 Å². The van der Waals surface area contributed by atoms with E-state index >= 15 is 0 Å². The van der Waals surface area contributed by atoms with Crippen LogP contribution in [0.5, 0.6) is 0 Å². The van der Waals surface area contributed by atoms with Crippen molar-refractivity contribution in [1.82, 2.24) is 10.2 Å². The van der Waals surface area contributed by atoms with Crippen LogP contribution in [0.2, 0.25) is 0 Å². The first kappa shape index (κ1) is 18.3. The van der Waals surface area contributed by atoms with Gasteiger partial charge in [0.1, 0.15) is 5.60 Å². The molecule has 0 bridgehead atoms. The second-order valence-electron chi connectivity index (χ2n) is 8.18. The van der Waals surface area contributed by atoms with E-state index in [1.54, 1.807) is 0 Å². The zero-order valence-corrected chi connectivity index (χ0v) is 15.3. The minimum absolute atomic E-state index is 0.134. The predicted molar refractivity (Wildman–Crippen MR) is 94.5 cm³/mol. The Balaban J connectivity index is 2.00. The van der Waals surface area contributed by atoms with Gasteiger partial charge in [-0.05, 0) is 65.7 Å². The first-order valence-corrected chi connectivity index (χ1v) is 9.18. The number of carbonyl (C=O) groups is 1. The van der Waals surface area contributed by atoms with Crippen molar-refractivity contribution in [2.75, 3.05) is 6.54 Å². The molecule has 132 valence electrons. The molecular formula is C19H34N2O2. The summed E-state index contributed by atoms with van der Waals surface area (Å²) < 4.78 is 5.62. The van der Waals surface area contributed by atoms with Gasteiger partial charge in [0, 0.05) is 24.7 Å². The lowest BCUT2D eigenvalue weighted by Crippen LogP contribution is -2.49. The summed E-state index contributed by atoms with van der Waals surface area (Å²) in [6.07, 6.45) is 8.71. The Morgan fingerprint density at radius 3 is 2.74 bits per heavy atom. The van der Waals surface area contributed by atoms with Gasteiger partial charge in [-0.3, -0.25) is 0 Å². The van der Waals surface area contributed by atoms with Crippen LogP contribution >= 0.6 is 0 Å². The van der Waals surface area contributed by atoms with Gasteiger partial charge in [-0.2, -0.15) is 0 Å². The monoisotopic (exact) mass is 322 g/mol. The van der Waals surface area contributed by atoms with E-state index in [0.717, 1.165) is 25.8 Å². The number of hydrogen-bond acceptors (Lipinski definition) is 3. The number of nitrogens with zero attached hydrogens (tertiary/aromatic N) is 1. The standard InChI is InChI=1S/C19H34N2O2/c1-6-9-14(2)20-16-11-7-10-15(16)17-12-8-13-21(17)18(22)23-19(3,4)5/h6,14-17,20H,1,7-13H2,2-5H3. The highest BCUT2D eigenvalue weighted by Crippen LogP contribution is 2.36. The smallest absolute Gasteiger partial charge is 0.410 e. The Kier molecular flexibility index (Phi) is 6.12. The number of rotatable bonds is 5. The van der Waals surface area contributed by atoms with Crippen LogP contribution in [0.3, 0.4) is 0 Å². The van der Waals surface area contributed by atoms with Gasteiger partial charge in [-0.1, -0.05) is 12.5 Å². The molecule has 1 amide bonds. The van der Waals surface area contributed by atoms with Gasteiger partial charge in [0.25, 0.3) is 0 Å². The van der Waals surface area contributed by atoms with E-state index in [0.29, 0.717) is 24.0 Å². The van der Waals surface area contributed by atoms with E-state index in [2.05, 4.69) is 18.8 Å². The molecule has 2 fully saturated rings. The molecule has 2 aliphatic rings. The molecular weight excluding hydrogens is 288 g/mol. The van der Waals surface area contributed by atoms with Crippen molar-refractivity contribution < 1.29 is 9.53 Å². The fourth-order valence-corrected chi connectivity index (χ4v) is 4.12. The van der Waals surface area contributed by atoms with Crippen LogP contribution in [0.15, 0.2) is 12.7 Å². The summed E-state index contributed by atoms with van der Waals surface area (Å²) in [6, 6.07) is 1.30. The van der Waals surface area contributed by atoms with Crippen molar-refractivity contribution in [3.63, 3.8) is 0 Å². The lowest BCUT2D eigenvalue weighted by Gasteiger charge is -2.35. The molecule has 4 nitrogen and oxygen atoms in total. The molecule has 0 aromatic carbocycles. The molecule has 4 atom stereocenters. The van der Waals surface area contributed by atoms with Crippen molar-refractivity contribution in [3.05, 3.63) is 12.7 Å². The second kappa shape index (κ2) is 7.69. The van der Waals surface area contributed by atoms with E-state index in [1.165, 1.54) is 19.3 Å². The van der Waals surface area contributed by atoms with E-state index in [4.69, 9.17) is 4.74 Å². The van der Waals surface area contributed by atoms with Crippen molar-refractivity contribution in [2.24, 2.45) is 5.92 Å². The van der Waals surface area contributed by atoms with E-state index in [9.17, 15) is 4.79 Å². The molecule has 0 radical (unpaired) electrons. The lowest BCUT2D eigenvalue weighted by molar-refractivity contribution is 0.0165. The van der Waals surface area contributed by atoms with E-state index in [-0.39, 0.29) is 6.09 Å². The second-order valence-corrected chi connectivity index (χ2v) is 8.18. The Morgan fingerprint density at radius 1 is 1.35 bits per heavy atom. The van der Waals surface area contributed by atoms with Gasteiger partial charge >= 0.3 is 6.09 Å². The van der Waals surface area contributed by atoms with Gasteiger partial charge in [0.2, 0.25) is 0 Å². The molecule has 1 heterocycles. The molecule has 1 saturated heterocycles. The van der Waals surface area contributed by atoms with Gasteiger partial charge in [0.15, 0.2) is 0 Å². The SMILES string of the molecule is C=CCC(C)NC1CCCC1C1CCCN1C(=O)OC(C)(C)C. The number of carbonyl (C=O) groups excluding carboxylic acids is 1. The molecule has 1 saturated carbocycles. The summed E-state index contributed by atoms with van der Waals surface area (Å²) in [4.78, 5) is 14.5. The molecule has 23 heavy (non-hydrogen) atoms. The fraction of sp³-hybridized carbons (Fsp3) is 0.842. The van der Waals surface area contributed by atoms with Crippen LogP contribution in [0.1, 0.15) is 66.2 Å². The summed E-state index contributed by atoms with van der Waals surface area (Å²) in [5.74, 6) is 0.553. The Morgan fingerprint density at radius 2 is 2.09 bits per heavy atom. The Labute approximate surface area is 141 Å². The minimum atomic E-state index is -0.421. The third kappa shape index (κ3) is 4.97. The molecule has 0 spiro atoms.